The van der Waals surface area contributed by atoms with Gasteiger partial charge in [0.2, 0.25) is 0 Å². The minimum atomic E-state index is -0.304. The highest BCUT2D eigenvalue weighted by Crippen LogP contribution is 2.51. The van der Waals surface area contributed by atoms with Crippen molar-refractivity contribution in [1.82, 2.24) is 0 Å². The van der Waals surface area contributed by atoms with Gasteiger partial charge in [0.1, 0.15) is 0 Å². The topological polar surface area (TPSA) is 63.6 Å². The third kappa shape index (κ3) is 2.00. The number of ether oxygens (including phenoxy) is 1. The Morgan fingerprint density at radius 1 is 0.905 bits per heavy atom. The number of hydrogen-bond acceptors (Lipinski definition) is 4. The van der Waals surface area contributed by atoms with Crippen LogP contribution in [0.3, 0.4) is 0 Å². The van der Waals surface area contributed by atoms with E-state index >= 15 is 0 Å². The van der Waals surface area contributed by atoms with Crippen LogP contribution in [-0.4, -0.2) is 23.7 Å². The fraction of sp³-hybridized carbons (Fsp3) is 0.647. The van der Waals surface area contributed by atoms with Crippen molar-refractivity contribution in [2.24, 2.45) is 41.4 Å². The highest BCUT2D eigenvalue weighted by atomic mass is 16.6. The van der Waals surface area contributed by atoms with Crippen molar-refractivity contribution in [1.29, 1.82) is 0 Å². The molecule has 4 bridgehead atoms. The van der Waals surface area contributed by atoms with Crippen LogP contribution in [0.5, 0.6) is 0 Å². The standard InChI is InChI=1S/C9H8O3.C8H12O/c10-8-6-4-1-2-5(3-4)7(6)9(11)12-8;9-5-8-4-6-1-2-7(8)3-6/h1-2,4-7H,3H2;1-2,6-9H,3-5H2. The maximum atomic E-state index is 11.2. The van der Waals surface area contributed by atoms with E-state index in [9.17, 15) is 9.59 Å². The molecule has 1 aliphatic heterocycles. The fourth-order valence-electron chi connectivity index (χ4n) is 4.80. The first-order valence-corrected chi connectivity index (χ1v) is 7.90. The molecule has 112 valence electrons. The maximum Gasteiger partial charge on any atom is 0.318 e. The Morgan fingerprint density at radius 2 is 1.52 bits per heavy atom. The Bertz CT molecular complexity index is 507. The van der Waals surface area contributed by atoms with Gasteiger partial charge in [-0.25, -0.2) is 0 Å². The van der Waals surface area contributed by atoms with Gasteiger partial charge in [0.05, 0.1) is 11.8 Å². The Kier molecular flexibility index (Phi) is 3.03. The molecule has 0 amide bonds. The molecule has 7 unspecified atom stereocenters. The van der Waals surface area contributed by atoms with Crippen LogP contribution in [0.4, 0.5) is 0 Å². The van der Waals surface area contributed by atoms with Gasteiger partial charge in [-0.05, 0) is 48.9 Å². The number of carbonyl (C=O) groups is 2. The Balaban J connectivity index is 0.000000115. The highest BCUT2D eigenvalue weighted by Gasteiger charge is 2.57. The zero-order valence-electron chi connectivity index (χ0n) is 11.9. The quantitative estimate of drug-likeness (QED) is 0.453. The molecule has 1 heterocycles. The van der Waals surface area contributed by atoms with Crippen LogP contribution in [0.25, 0.3) is 0 Å². The predicted octanol–water partition coefficient (Wildman–Crippen LogP) is 1.70. The smallest absolute Gasteiger partial charge is 0.318 e. The molecule has 1 N–H and O–H groups in total. The Morgan fingerprint density at radius 3 is 1.95 bits per heavy atom. The molecule has 0 radical (unpaired) electrons. The van der Waals surface area contributed by atoms with Crippen molar-refractivity contribution in [3.05, 3.63) is 24.3 Å². The van der Waals surface area contributed by atoms with Crippen LogP contribution in [0.2, 0.25) is 0 Å². The molecular weight excluding hydrogens is 268 g/mol. The number of carbonyl (C=O) groups excluding carboxylic acids is 2. The largest absolute Gasteiger partial charge is 0.396 e. The summed E-state index contributed by atoms with van der Waals surface area (Å²) in [5.74, 6) is 1.79. The summed E-state index contributed by atoms with van der Waals surface area (Å²) in [7, 11) is 0. The first kappa shape index (κ1) is 13.3. The lowest BCUT2D eigenvalue weighted by Gasteiger charge is -2.13. The average Bonchev–Trinajstić information content (AvgIpc) is 3.25. The lowest BCUT2D eigenvalue weighted by atomic mass is 9.85. The van der Waals surface area contributed by atoms with Crippen molar-refractivity contribution in [3.63, 3.8) is 0 Å². The van der Waals surface area contributed by atoms with Crippen LogP contribution in [0.15, 0.2) is 24.3 Å². The number of aliphatic hydroxyl groups excluding tert-OH is 1. The van der Waals surface area contributed by atoms with E-state index in [0.29, 0.717) is 12.5 Å². The van der Waals surface area contributed by atoms with Crippen LogP contribution < -0.4 is 0 Å². The summed E-state index contributed by atoms with van der Waals surface area (Å²) in [5.41, 5.74) is 0. The lowest BCUT2D eigenvalue weighted by molar-refractivity contribution is -0.154. The minimum absolute atomic E-state index is 0.146. The maximum absolute atomic E-state index is 11.2. The molecule has 3 fully saturated rings. The number of rotatable bonds is 1. The van der Waals surface area contributed by atoms with E-state index in [1.165, 1.54) is 12.8 Å². The summed E-state index contributed by atoms with van der Waals surface area (Å²) in [6.07, 6.45) is 12.2. The second kappa shape index (κ2) is 4.80. The molecule has 2 saturated carbocycles. The molecular formula is C17H20O4. The van der Waals surface area contributed by atoms with Gasteiger partial charge in [-0.3, -0.25) is 9.59 Å². The monoisotopic (exact) mass is 288 g/mol. The number of allylic oxidation sites excluding steroid dienone is 4. The zero-order chi connectivity index (χ0) is 14.6. The van der Waals surface area contributed by atoms with Gasteiger partial charge in [-0.15, -0.1) is 0 Å². The summed E-state index contributed by atoms with van der Waals surface area (Å²) in [6.45, 7) is 0.394. The third-order valence-electron chi connectivity index (χ3n) is 5.86. The molecule has 0 aromatic rings. The molecule has 0 spiro atoms. The molecule has 1 saturated heterocycles. The van der Waals surface area contributed by atoms with Gasteiger partial charge in [0.15, 0.2) is 0 Å². The number of hydrogen-bond donors (Lipinski definition) is 1. The molecule has 5 aliphatic rings. The van der Waals surface area contributed by atoms with Crippen molar-refractivity contribution in [2.45, 2.75) is 19.3 Å². The second-order valence-electron chi connectivity index (χ2n) is 6.96. The first-order valence-electron chi connectivity index (χ1n) is 7.90. The molecule has 0 aromatic heterocycles. The van der Waals surface area contributed by atoms with Gasteiger partial charge in [-0.1, -0.05) is 24.3 Å². The van der Waals surface area contributed by atoms with Crippen LogP contribution in [-0.2, 0) is 14.3 Å². The highest BCUT2D eigenvalue weighted by molar-refractivity contribution is 5.98. The van der Waals surface area contributed by atoms with E-state index in [2.05, 4.69) is 16.9 Å². The first-order chi connectivity index (χ1) is 10.2. The van der Waals surface area contributed by atoms with Crippen LogP contribution in [0.1, 0.15) is 19.3 Å². The summed E-state index contributed by atoms with van der Waals surface area (Å²) >= 11 is 0. The predicted molar refractivity (Wildman–Crippen MR) is 74.7 cm³/mol. The molecule has 4 aliphatic carbocycles. The SMILES string of the molecule is O=C1OC(=O)C2C3C=CC(C3)C12.OCC1CC2C=CC1C2. The van der Waals surface area contributed by atoms with E-state index in [0.717, 1.165) is 18.3 Å². The van der Waals surface area contributed by atoms with Crippen molar-refractivity contribution >= 4 is 11.9 Å². The fourth-order valence-corrected chi connectivity index (χ4v) is 4.80. The normalized spacial score (nSPS) is 47.6. The molecule has 7 atom stereocenters. The van der Waals surface area contributed by atoms with Gasteiger partial charge in [-0.2, -0.15) is 0 Å². The van der Waals surface area contributed by atoms with E-state index in [4.69, 9.17) is 5.11 Å². The summed E-state index contributed by atoms with van der Waals surface area (Å²) in [5, 5.41) is 8.85. The van der Waals surface area contributed by atoms with Crippen molar-refractivity contribution in [3.8, 4) is 0 Å². The molecule has 4 nitrogen and oxygen atoms in total. The van der Waals surface area contributed by atoms with Crippen LogP contribution in [0, 0.1) is 41.4 Å². The molecule has 0 aromatic carbocycles. The number of esters is 2. The van der Waals surface area contributed by atoms with E-state index in [1.54, 1.807) is 0 Å². The zero-order valence-corrected chi connectivity index (χ0v) is 11.9. The molecule has 21 heavy (non-hydrogen) atoms. The average molecular weight is 288 g/mol. The van der Waals surface area contributed by atoms with Gasteiger partial charge >= 0.3 is 11.9 Å². The molecule has 5 rings (SSSR count). The third-order valence-corrected chi connectivity index (χ3v) is 5.86. The van der Waals surface area contributed by atoms with Gasteiger partial charge in [0, 0.05) is 6.61 Å². The summed E-state index contributed by atoms with van der Waals surface area (Å²) in [6, 6.07) is 0. The second-order valence-corrected chi connectivity index (χ2v) is 6.96. The van der Waals surface area contributed by atoms with Gasteiger partial charge < -0.3 is 9.84 Å². The van der Waals surface area contributed by atoms with E-state index < -0.39 is 0 Å². The number of fused-ring (bicyclic) bond motifs is 7. The lowest BCUT2D eigenvalue weighted by Crippen LogP contribution is -2.21. The minimum Gasteiger partial charge on any atom is -0.396 e. The number of aliphatic hydroxyl groups is 1. The Labute approximate surface area is 123 Å². The Hall–Kier alpha value is -1.42. The summed E-state index contributed by atoms with van der Waals surface area (Å²) in [4.78, 5) is 22.4. The van der Waals surface area contributed by atoms with E-state index in [1.807, 2.05) is 12.2 Å². The molecule has 4 heteroatoms. The van der Waals surface area contributed by atoms with Crippen LogP contribution >= 0.6 is 0 Å². The summed E-state index contributed by atoms with van der Waals surface area (Å²) < 4.78 is 4.59. The van der Waals surface area contributed by atoms with Crippen molar-refractivity contribution in [2.75, 3.05) is 6.61 Å². The van der Waals surface area contributed by atoms with Gasteiger partial charge in [0.25, 0.3) is 0 Å². The number of cyclic esters (lactones) is 2. The van der Waals surface area contributed by atoms with E-state index in [-0.39, 0.29) is 35.6 Å². The van der Waals surface area contributed by atoms with Crippen molar-refractivity contribution < 1.29 is 19.4 Å².